The molecule has 4 rings (SSSR count). The van der Waals surface area contributed by atoms with Gasteiger partial charge in [0.2, 0.25) is 11.8 Å². The number of nitrogens with zero attached hydrogens (tertiary/aromatic N) is 2. The molecular weight excluding hydrogens is 662 g/mol. The minimum absolute atomic E-state index is 0.00824. The Morgan fingerprint density at radius 3 is 2.16 bits per heavy atom. The fraction of sp³-hybridized carbons (Fsp3) is 0.235. The molecule has 1 N–H and O–H groups in total. The first-order valence-corrected chi connectivity index (χ1v) is 16.9. The van der Waals surface area contributed by atoms with Crippen LogP contribution in [-0.4, -0.2) is 44.3 Å². The molecule has 4 aromatic rings. The summed E-state index contributed by atoms with van der Waals surface area (Å²) in [5.41, 5.74) is 2.72. The predicted octanol–water partition coefficient (Wildman–Crippen LogP) is 6.77. The number of halogens is 2. The Balaban J connectivity index is 1.80. The van der Waals surface area contributed by atoms with Gasteiger partial charge in [0.05, 0.1) is 10.6 Å². The van der Waals surface area contributed by atoms with Gasteiger partial charge >= 0.3 is 0 Å². The summed E-state index contributed by atoms with van der Waals surface area (Å²) in [4.78, 5) is 29.6. The second-order valence-electron chi connectivity index (χ2n) is 10.4. The highest BCUT2D eigenvalue weighted by Gasteiger charge is 2.34. The molecule has 0 aliphatic carbocycles. The maximum Gasteiger partial charge on any atom is 0.264 e. The van der Waals surface area contributed by atoms with Gasteiger partial charge in [0.1, 0.15) is 12.6 Å². The molecule has 0 spiro atoms. The number of benzene rings is 4. The van der Waals surface area contributed by atoms with E-state index in [9.17, 15) is 18.0 Å². The summed E-state index contributed by atoms with van der Waals surface area (Å²) in [5, 5.41) is 3.38. The minimum Gasteiger partial charge on any atom is -0.354 e. The predicted molar refractivity (Wildman–Crippen MR) is 179 cm³/mol. The van der Waals surface area contributed by atoms with Crippen molar-refractivity contribution in [3.05, 3.63) is 129 Å². The highest BCUT2D eigenvalue weighted by Crippen LogP contribution is 2.27. The molecule has 10 heteroatoms. The highest BCUT2D eigenvalue weighted by molar-refractivity contribution is 9.10. The topological polar surface area (TPSA) is 86.8 Å². The molecule has 0 bridgehead atoms. The molecule has 0 aliphatic heterocycles. The van der Waals surface area contributed by atoms with Gasteiger partial charge in [-0.05, 0) is 66.9 Å². The normalized spacial score (nSPS) is 11.9. The zero-order valence-corrected chi connectivity index (χ0v) is 27.8. The molecule has 0 aliphatic rings. The summed E-state index contributed by atoms with van der Waals surface area (Å²) in [5.74, 6) is -0.871. The summed E-state index contributed by atoms with van der Waals surface area (Å²) in [6.07, 6.45) is 0.948. The summed E-state index contributed by atoms with van der Waals surface area (Å²) in [6, 6.07) is 28.8. The van der Waals surface area contributed by atoms with E-state index in [1.165, 1.54) is 17.0 Å². The Morgan fingerprint density at radius 1 is 0.886 bits per heavy atom. The lowest BCUT2D eigenvalue weighted by Crippen LogP contribution is -2.53. The monoisotopic (exact) mass is 695 g/mol. The van der Waals surface area contributed by atoms with Gasteiger partial charge in [0.15, 0.2) is 0 Å². The second kappa shape index (κ2) is 15.4. The van der Waals surface area contributed by atoms with Crippen LogP contribution in [0.15, 0.2) is 112 Å². The summed E-state index contributed by atoms with van der Waals surface area (Å²) < 4.78 is 30.0. The Morgan fingerprint density at radius 2 is 1.52 bits per heavy atom. The molecule has 0 radical (unpaired) electrons. The van der Waals surface area contributed by atoms with Crippen LogP contribution in [0, 0.1) is 6.92 Å². The molecule has 7 nitrogen and oxygen atoms in total. The first-order chi connectivity index (χ1) is 21.1. The van der Waals surface area contributed by atoms with Crippen LogP contribution in [0.5, 0.6) is 0 Å². The van der Waals surface area contributed by atoms with E-state index in [0.29, 0.717) is 29.2 Å². The largest absolute Gasteiger partial charge is 0.354 e. The first-order valence-electron chi connectivity index (χ1n) is 14.3. The van der Waals surface area contributed by atoms with Gasteiger partial charge in [-0.1, -0.05) is 101 Å². The van der Waals surface area contributed by atoms with Crippen molar-refractivity contribution in [3.63, 3.8) is 0 Å². The van der Waals surface area contributed by atoms with Crippen LogP contribution >= 0.6 is 27.5 Å². The summed E-state index contributed by atoms with van der Waals surface area (Å²) in [7, 11) is -4.17. The maximum absolute atomic E-state index is 14.4. The van der Waals surface area contributed by atoms with Gasteiger partial charge in [-0.3, -0.25) is 13.9 Å². The fourth-order valence-electron chi connectivity index (χ4n) is 4.70. The van der Waals surface area contributed by atoms with E-state index < -0.39 is 28.5 Å². The molecule has 1 atom stereocenters. The maximum atomic E-state index is 14.4. The van der Waals surface area contributed by atoms with Gasteiger partial charge < -0.3 is 10.2 Å². The van der Waals surface area contributed by atoms with Crippen molar-refractivity contribution in [1.29, 1.82) is 0 Å². The second-order valence-corrected chi connectivity index (χ2v) is 13.6. The third kappa shape index (κ3) is 8.49. The van der Waals surface area contributed by atoms with E-state index >= 15 is 0 Å². The van der Waals surface area contributed by atoms with E-state index in [1.807, 2.05) is 50.2 Å². The van der Waals surface area contributed by atoms with Crippen LogP contribution in [0.1, 0.15) is 30.0 Å². The number of aryl methyl sites for hydroxylation is 1. The number of amides is 2. The number of hydrogen-bond donors (Lipinski definition) is 1. The van der Waals surface area contributed by atoms with E-state index in [0.717, 1.165) is 19.9 Å². The fourth-order valence-corrected chi connectivity index (χ4v) is 6.58. The number of hydrogen-bond acceptors (Lipinski definition) is 4. The molecule has 0 heterocycles. The number of rotatable bonds is 13. The Hall–Kier alpha value is -3.66. The number of carbonyl (C=O) groups excluding carboxylic acids is 2. The molecular formula is C34H35BrClN3O4S. The van der Waals surface area contributed by atoms with Crippen LogP contribution in [0.4, 0.5) is 5.69 Å². The molecule has 0 aromatic heterocycles. The Bertz CT molecular complexity index is 1670. The number of nitrogens with one attached hydrogen (secondary N) is 1. The molecule has 2 amide bonds. The van der Waals surface area contributed by atoms with Crippen molar-refractivity contribution in [2.45, 2.75) is 44.2 Å². The van der Waals surface area contributed by atoms with Gasteiger partial charge in [0.25, 0.3) is 10.0 Å². The van der Waals surface area contributed by atoms with E-state index in [-0.39, 0.29) is 23.8 Å². The standard InChI is InChI=1S/C34H35BrClN3O4S/c1-3-21-37-34(41)32(22-26-9-5-4-6-10-26)38(23-27-11-7-8-12-31(27)36)33(40)24-39(29-17-15-28(35)16-18-29)44(42,43)30-19-13-25(2)14-20-30/h4-20,32H,3,21-24H2,1-2H3,(H,37,41). The third-order valence-electron chi connectivity index (χ3n) is 7.12. The van der Waals surface area contributed by atoms with Crippen LogP contribution in [-0.2, 0) is 32.6 Å². The number of sulfonamides is 1. The molecule has 0 saturated carbocycles. The number of carbonyl (C=O) groups is 2. The average Bonchev–Trinajstić information content (AvgIpc) is 3.02. The van der Waals surface area contributed by atoms with Gasteiger partial charge in [0, 0.05) is 29.0 Å². The quantitative estimate of drug-likeness (QED) is 0.167. The number of anilines is 1. The molecule has 0 fully saturated rings. The van der Waals surface area contributed by atoms with Crippen molar-refractivity contribution >= 4 is 55.1 Å². The Labute approximate surface area is 273 Å². The van der Waals surface area contributed by atoms with E-state index in [4.69, 9.17) is 11.6 Å². The van der Waals surface area contributed by atoms with Gasteiger partial charge in [-0.15, -0.1) is 0 Å². The van der Waals surface area contributed by atoms with Gasteiger partial charge in [-0.2, -0.15) is 0 Å². The lowest BCUT2D eigenvalue weighted by molar-refractivity contribution is -0.140. The zero-order chi connectivity index (χ0) is 31.7. The molecule has 1 unspecified atom stereocenters. The Kier molecular flexibility index (Phi) is 11.6. The van der Waals surface area contributed by atoms with Crippen LogP contribution < -0.4 is 9.62 Å². The first kappa shape index (κ1) is 33.2. The van der Waals surface area contributed by atoms with Crippen molar-refractivity contribution in [3.8, 4) is 0 Å². The lowest BCUT2D eigenvalue weighted by Gasteiger charge is -2.34. The SMILES string of the molecule is CCCNC(=O)C(Cc1ccccc1)N(Cc1ccccc1Cl)C(=O)CN(c1ccc(Br)cc1)S(=O)(=O)c1ccc(C)cc1. The van der Waals surface area contributed by atoms with E-state index in [1.54, 1.807) is 54.6 Å². The molecule has 0 saturated heterocycles. The average molecular weight is 697 g/mol. The van der Waals surface area contributed by atoms with Crippen molar-refractivity contribution in [1.82, 2.24) is 10.2 Å². The molecule has 4 aromatic carbocycles. The third-order valence-corrected chi connectivity index (χ3v) is 9.81. The lowest BCUT2D eigenvalue weighted by atomic mass is 10.0. The van der Waals surface area contributed by atoms with Crippen LogP contribution in [0.2, 0.25) is 5.02 Å². The molecule has 44 heavy (non-hydrogen) atoms. The van der Waals surface area contributed by atoms with E-state index in [2.05, 4.69) is 21.2 Å². The summed E-state index contributed by atoms with van der Waals surface area (Å²) in [6.45, 7) is 3.73. The zero-order valence-electron chi connectivity index (χ0n) is 24.6. The van der Waals surface area contributed by atoms with Crippen molar-refractivity contribution < 1.29 is 18.0 Å². The molecule has 230 valence electrons. The van der Waals surface area contributed by atoms with Crippen molar-refractivity contribution in [2.75, 3.05) is 17.4 Å². The van der Waals surface area contributed by atoms with Gasteiger partial charge in [-0.25, -0.2) is 8.42 Å². The highest BCUT2D eigenvalue weighted by atomic mass is 79.9. The van der Waals surface area contributed by atoms with Crippen LogP contribution in [0.25, 0.3) is 0 Å². The minimum atomic E-state index is -4.17. The summed E-state index contributed by atoms with van der Waals surface area (Å²) >= 11 is 9.94. The van der Waals surface area contributed by atoms with Crippen LogP contribution in [0.3, 0.4) is 0 Å². The van der Waals surface area contributed by atoms with Crippen molar-refractivity contribution in [2.24, 2.45) is 0 Å². The smallest absolute Gasteiger partial charge is 0.264 e.